The molecule has 0 saturated heterocycles. The molecule has 0 aromatic heterocycles. The SMILES string of the molecule is CCOC(=O)C(F)(F)c1ccc(C(=O)OC)cc1. The lowest BCUT2D eigenvalue weighted by molar-refractivity contribution is -0.173. The molecular weight excluding hydrogens is 246 g/mol. The number of rotatable bonds is 4. The molecule has 0 aliphatic heterocycles. The first-order valence-corrected chi connectivity index (χ1v) is 5.17. The van der Waals surface area contributed by atoms with Crippen LogP contribution in [0.4, 0.5) is 8.78 Å². The Morgan fingerprint density at radius 3 is 2.22 bits per heavy atom. The van der Waals surface area contributed by atoms with E-state index in [9.17, 15) is 18.4 Å². The number of carbonyl (C=O) groups is 2. The summed E-state index contributed by atoms with van der Waals surface area (Å²) in [6.45, 7) is 1.31. The lowest BCUT2D eigenvalue weighted by atomic mass is 10.1. The maximum Gasteiger partial charge on any atom is 0.381 e. The monoisotopic (exact) mass is 258 g/mol. The van der Waals surface area contributed by atoms with Crippen molar-refractivity contribution in [3.63, 3.8) is 0 Å². The Morgan fingerprint density at radius 1 is 1.22 bits per heavy atom. The summed E-state index contributed by atoms with van der Waals surface area (Å²) < 4.78 is 35.8. The molecule has 0 unspecified atom stereocenters. The lowest BCUT2D eigenvalue weighted by Crippen LogP contribution is -2.28. The molecule has 0 heterocycles. The van der Waals surface area contributed by atoms with Crippen LogP contribution in [0.25, 0.3) is 0 Å². The smallest absolute Gasteiger partial charge is 0.381 e. The van der Waals surface area contributed by atoms with Crippen molar-refractivity contribution in [3.8, 4) is 0 Å². The number of alkyl halides is 2. The minimum absolute atomic E-state index is 0.126. The zero-order chi connectivity index (χ0) is 13.8. The van der Waals surface area contributed by atoms with E-state index < -0.39 is 23.4 Å². The molecule has 0 atom stereocenters. The molecule has 6 heteroatoms. The normalized spacial score (nSPS) is 10.9. The van der Waals surface area contributed by atoms with Crippen LogP contribution in [0, 0.1) is 0 Å². The van der Waals surface area contributed by atoms with Crippen LogP contribution >= 0.6 is 0 Å². The Morgan fingerprint density at radius 2 is 1.78 bits per heavy atom. The molecule has 0 radical (unpaired) electrons. The van der Waals surface area contributed by atoms with Gasteiger partial charge in [-0.25, -0.2) is 9.59 Å². The van der Waals surface area contributed by atoms with Crippen molar-refractivity contribution in [2.24, 2.45) is 0 Å². The largest absolute Gasteiger partial charge is 0.465 e. The van der Waals surface area contributed by atoms with Gasteiger partial charge >= 0.3 is 17.9 Å². The van der Waals surface area contributed by atoms with E-state index in [4.69, 9.17) is 0 Å². The van der Waals surface area contributed by atoms with Crippen LogP contribution in [0.1, 0.15) is 22.8 Å². The number of methoxy groups -OCH3 is 1. The van der Waals surface area contributed by atoms with Crippen LogP contribution in [0.3, 0.4) is 0 Å². The second-order valence-electron chi connectivity index (χ2n) is 3.36. The van der Waals surface area contributed by atoms with Gasteiger partial charge in [0.1, 0.15) is 0 Å². The predicted octanol–water partition coefficient (Wildman–Crippen LogP) is 2.13. The van der Waals surface area contributed by atoms with Crippen LogP contribution < -0.4 is 0 Å². The summed E-state index contributed by atoms with van der Waals surface area (Å²) in [7, 11) is 1.18. The summed E-state index contributed by atoms with van der Waals surface area (Å²) in [5, 5.41) is 0. The fourth-order valence-electron chi connectivity index (χ4n) is 1.27. The highest BCUT2D eigenvalue weighted by Gasteiger charge is 2.42. The molecule has 0 amide bonds. The number of benzene rings is 1. The van der Waals surface area contributed by atoms with Crippen molar-refractivity contribution < 1.29 is 27.8 Å². The molecule has 0 spiro atoms. The standard InChI is InChI=1S/C12H12F2O4/c1-3-18-11(16)12(13,14)9-6-4-8(5-7-9)10(15)17-2/h4-7H,3H2,1-2H3. The third kappa shape index (κ3) is 2.82. The van der Waals surface area contributed by atoms with Gasteiger partial charge in [-0.2, -0.15) is 8.78 Å². The number of ether oxygens (including phenoxy) is 2. The van der Waals surface area contributed by atoms with E-state index in [-0.39, 0.29) is 12.2 Å². The highest BCUT2D eigenvalue weighted by molar-refractivity contribution is 5.89. The molecule has 0 aliphatic carbocycles. The van der Waals surface area contributed by atoms with Gasteiger partial charge in [0.15, 0.2) is 0 Å². The van der Waals surface area contributed by atoms with Gasteiger partial charge in [0.25, 0.3) is 0 Å². The fourth-order valence-corrected chi connectivity index (χ4v) is 1.27. The van der Waals surface area contributed by atoms with E-state index in [0.717, 1.165) is 24.3 Å². The second-order valence-corrected chi connectivity index (χ2v) is 3.36. The van der Waals surface area contributed by atoms with E-state index in [0.29, 0.717) is 0 Å². The van der Waals surface area contributed by atoms with E-state index in [2.05, 4.69) is 9.47 Å². The quantitative estimate of drug-likeness (QED) is 0.776. The number of hydrogen-bond acceptors (Lipinski definition) is 4. The second kappa shape index (κ2) is 5.57. The van der Waals surface area contributed by atoms with Crippen molar-refractivity contribution >= 4 is 11.9 Å². The fraction of sp³-hybridized carbons (Fsp3) is 0.333. The molecule has 0 bridgehead atoms. The Labute approximate surface area is 103 Å². The Kier molecular flexibility index (Phi) is 4.36. The highest BCUT2D eigenvalue weighted by atomic mass is 19.3. The van der Waals surface area contributed by atoms with E-state index >= 15 is 0 Å². The molecule has 1 aromatic carbocycles. The minimum atomic E-state index is -3.73. The molecule has 0 saturated carbocycles. The van der Waals surface area contributed by atoms with Gasteiger partial charge in [-0.15, -0.1) is 0 Å². The number of carbonyl (C=O) groups excluding carboxylic acids is 2. The van der Waals surface area contributed by atoms with Gasteiger partial charge in [0.2, 0.25) is 0 Å². The number of esters is 2. The summed E-state index contributed by atoms with van der Waals surface area (Å²) >= 11 is 0. The lowest BCUT2D eigenvalue weighted by Gasteiger charge is -2.14. The van der Waals surface area contributed by atoms with Crippen molar-refractivity contribution in [2.75, 3.05) is 13.7 Å². The molecule has 18 heavy (non-hydrogen) atoms. The van der Waals surface area contributed by atoms with Crippen molar-refractivity contribution in [1.29, 1.82) is 0 Å². The van der Waals surface area contributed by atoms with Crippen molar-refractivity contribution in [1.82, 2.24) is 0 Å². The summed E-state index contributed by atoms with van der Waals surface area (Å²) in [5.74, 6) is -5.98. The molecule has 0 fully saturated rings. The maximum atomic E-state index is 13.6. The highest BCUT2D eigenvalue weighted by Crippen LogP contribution is 2.29. The minimum Gasteiger partial charge on any atom is -0.465 e. The van der Waals surface area contributed by atoms with Gasteiger partial charge in [-0.1, -0.05) is 12.1 Å². The molecule has 98 valence electrons. The maximum absolute atomic E-state index is 13.6. The van der Waals surface area contributed by atoms with Gasteiger partial charge in [-0.3, -0.25) is 0 Å². The summed E-state index contributed by atoms with van der Waals surface area (Å²) in [5.41, 5.74) is -0.408. The van der Waals surface area contributed by atoms with E-state index in [1.807, 2.05) is 0 Å². The van der Waals surface area contributed by atoms with E-state index in [1.54, 1.807) is 0 Å². The van der Waals surface area contributed by atoms with Crippen LogP contribution in [0.5, 0.6) is 0 Å². The Balaban J connectivity index is 2.97. The topological polar surface area (TPSA) is 52.6 Å². The van der Waals surface area contributed by atoms with Gasteiger partial charge in [0, 0.05) is 5.56 Å². The molecule has 0 N–H and O–H groups in total. The van der Waals surface area contributed by atoms with Crippen LogP contribution in [0.2, 0.25) is 0 Å². The van der Waals surface area contributed by atoms with Crippen molar-refractivity contribution in [3.05, 3.63) is 35.4 Å². The molecule has 1 aromatic rings. The third-order valence-electron chi connectivity index (χ3n) is 2.20. The summed E-state index contributed by atoms with van der Waals surface area (Å²) in [6.07, 6.45) is 0. The van der Waals surface area contributed by atoms with E-state index in [1.165, 1.54) is 14.0 Å². The van der Waals surface area contributed by atoms with Gasteiger partial charge in [-0.05, 0) is 19.1 Å². The van der Waals surface area contributed by atoms with Gasteiger partial charge < -0.3 is 9.47 Å². The first kappa shape index (κ1) is 14.1. The van der Waals surface area contributed by atoms with Crippen LogP contribution in [-0.2, 0) is 20.2 Å². The molecule has 1 rings (SSSR count). The predicted molar refractivity (Wildman–Crippen MR) is 58.3 cm³/mol. The number of halogens is 2. The third-order valence-corrected chi connectivity index (χ3v) is 2.20. The summed E-state index contributed by atoms with van der Waals surface area (Å²) in [6, 6.07) is 4.30. The first-order valence-electron chi connectivity index (χ1n) is 5.17. The number of hydrogen-bond donors (Lipinski definition) is 0. The Bertz CT molecular complexity index is 440. The zero-order valence-corrected chi connectivity index (χ0v) is 9.91. The van der Waals surface area contributed by atoms with Crippen LogP contribution in [0.15, 0.2) is 24.3 Å². The first-order chi connectivity index (χ1) is 8.43. The molecule has 4 nitrogen and oxygen atoms in total. The molecule has 0 aliphatic rings. The Hall–Kier alpha value is -1.98. The zero-order valence-electron chi connectivity index (χ0n) is 9.91. The van der Waals surface area contributed by atoms with Crippen LogP contribution in [-0.4, -0.2) is 25.7 Å². The van der Waals surface area contributed by atoms with Gasteiger partial charge in [0.05, 0.1) is 19.3 Å². The van der Waals surface area contributed by atoms with Crippen molar-refractivity contribution in [2.45, 2.75) is 12.8 Å². The average Bonchev–Trinajstić information content (AvgIpc) is 2.38. The average molecular weight is 258 g/mol. The summed E-state index contributed by atoms with van der Waals surface area (Å²) in [4.78, 5) is 22.2. The molecular formula is C12H12F2O4.